The molecule has 8 heteroatoms. The second kappa shape index (κ2) is 13.8. The Morgan fingerprint density at radius 3 is 1.55 bits per heavy atom. The number of rotatable bonds is 1. The largest absolute Gasteiger partial charge is 1.00 e. The molecule has 4 aromatic heterocycles. The third kappa shape index (κ3) is 6.53. The number of pyridine rings is 2. The molecule has 1 aliphatic rings. The maximum absolute atomic E-state index is 12.1. The van der Waals surface area contributed by atoms with E-state index in [4.69, 9.17) is 19.9 Å². The summed E-state index contributed by atoms with van der Waals surface area (Å²) >= 11 is 0. The zero-order valence-electron chi connectivity index (χ0n) is 31.3. The third-order valence-electron chi connectivity index (χ3n) is 10.4. The van der Waals surface area contributed by atoms with Crippen LogP contribution in [0.2, 0.25) is 0 Å². The van der Waals surface area contributed by atoms with E-state index in [1.165, 1.54) is 0 Å². The monoisotopic (exact) mass is 817 g/mol. The van der Waals surface area contributed by atoms with Gasteiger partial charge in [0, 0.05) is 49.4 Å². The standard InChI is InChI=1S/C47H39N4O2.2Cu/c1-46(2,3)29-22-31-35-18-20-39(48-35)41(26-10-8-7-9-11-26)40-21-19-36(49-40)32-23-30(47(4,5)6)25-34(45(32)53)38-17-15-28-13-12-27-14-16-37(33(24-29)44(31)52)50-42(27)43(28)51-38;;/h7-25H,1-6H3,(H2-,48,49,50,51,52,53);;/q-1;;+1. The molecule has 1 aliphatic heterocycles. The Balaban J connectivity index is 0.00000233. The molecular weight excluding hydrogens is 780 g/mol. The number of nitrogens with zero attached hydrogens (tertiary/aromatic N) is 4. The van der Waals surface area contributed by atoms with Gasteiger partial charge in [-0.15, -0.1) is 11.0 Å². The predicted octanol–water partition coefficient (Wildman–Crippen LogP) is 11.6. The van der Waals surface area contributed by atoms with Gasteiger partial charge in [0.15, 0.2) is 0 Å². The number of benzene rings is 4. The second-order valence-corrected chi connectivity index (χ2v) is 16.1. The Morgan fingerprint density at radius 1 is 0.509 bits per heavy atom. The number of phenols is 2. The summed E-state index contributed by atoms with van der Waals surface area (Å²) in [6, 6.07) is 34.3. The van der Waals surface area contributed by atoms with Crippen LogP contribution in [0.15, 0.2) is 103 Å². The van der Waals surface area contributed by atoms with Gasteiger partial charge in [-0.05, 0) is 81.6 Å². The van der Waals surface area contributed by atoms with Gasteiger partial charge in [0.1, 0.15) is 11.5 Å². The van der Waals surface area contributed by atoms with Crippen LogP contribution in [0.4, 0.5) is 0 Å². The molecule has 0 saturated heterocycles. The fourth-order valence-corrected chi connectivity index (χ4v) is 7.32. The van der Waals surface area contributed by atoms with E-state index in [0.717, 1.165) is 44.2 Å². The molecule has 0 unspecified atom stereocenters. The predicted molar refractivity (Wildman–Crippen MR) is 220 cm³/mol. The first kappa shape index (κ1) is 38.1. The maximum atomic E-state index is 12.1. The van der Waals surface area contributed by atoms with Crippen LogP contribution < -0.4 is 4.98 Å². The minimum atomic E-state index is -0.222. The van der Waals surface area contributed by atoms with Crippen molar-refractivity contribution < 1.29 is 44.4 Å². The van der Waals surface area contributed by atoms with E-state index < -0.39 is 0 Å². The molecule has 281 valence electrons. The number of fused-ring (bicyclic) bond motifs is 14. The molecule has 8 aromatic rings. The maximum Gasteiger partial charge on any atom is 1.00 e. The van der Waals surface area contributed by atoms with E-state index in [0.29, 0.717) is 54.8 Å². The van der Waals surface area contributed by atoms with Crippen molar-refractivity contribution in [1.82, 2.24) is 19.9 Å². The van der Waals surface area contributed by atoms with Crippen molar-refractivity contribution in [2.24, 2.45) is 0 Å². The SMILES string of the molecule is CC(C)(C)c1cc2c3nc(c(-c4ccccc4)c4ccc([n-]4)c4cc(C(C)(C)C)cc(c4O)c4ccc5ccc6ccc(nc6c5n4)c(c1)c2O)C=C3.[Cu+].[Cu]. The number of hydrogen-bond donors (Lipinski definition) is 2. The summed E-state index contributed by atoms with van der Waals surface area (Å²) < 4.78 is 0. The van der Waals surface area contributed by atoms with Crippen molar-refractivity contribution in [1.29, 1.82) is 0 Å². The normalized spacial score (nSPS) is 12.3. The molecule has 0 atom stereocenters. The van der Waals surface area contributed by atoms with Crippen LogP contribution in [0.25, 0.3) is 88.7 Å². The van der Waals surface area contributed by atoms with Gasteiger partial charge in [-0.1, -0.05) is 108 Å². The Morgan fingerprint density at radius 2 is 0.982 bits per heavy atom. The molecule has 0 fully saturated rings. The minimum absolute atomic E-state index is 0. The smallest absolute Gasteiger partial charge is 0.657 e. The molecule has 2 N–H and O–H groups in total. The molecular formula is C47H39Cu2N4O2. The summed E-state index contributed by atoms with van der Waals surface area (Å²) in [6.45, 7) is 13.0. The van der Waals surface area contributed by atoms with Crippen LogP contribution in [0.3, 0.4) is 0 Å². The summed E-state index contributed by atoms with van der Waals surface area (Å²) in [4.78, 5) is 20.8. The number of phenolic OH excluding ortho intramolecular Hbond substituents is 2. The summed E-state index contributed by atoms with van der Waals surface area (Å²) in [5.74, 6) is 0.235. The van der Waals surface area contributed by atoms with Crippen LogP contribution in [0.5, 0.6) is 11.5 Å². The molecule has 0 amide bonds. The van der Waals surface area contributed by atoms with Gasteiger partial charge in [-0.25, -0.2) is 15.0 Å². The zero-order chi connectivity index (χ0) is 36.8. The molecule has 0 spiro atoms. The van der Waals surface area contributed by atoms with E-state index in [2.05, 4.69) is 53.7 Å². The fraction of sp³-hybridized carbons (Fsp3) is 0.170. The van der Waals surface area contributed by atoms with Crippen molar-refractivity contribution in [3.05, 3.63) is 126 Å². The van der Waals surface area contributed by atoms with Crippen LogP contribution in [0.1, 0.15) is 64.1 Å². The number of hydrogen-bond acceptors (Lipinski definition) is 5. The van der Waals surface area contributed by atoms with Crippen molar-refractivity contribution >= 4 is 77.6 Å². The molecule has 0 saturated carbocycles. The van der Waals surface area contributed by atoms with E-state index in [1.807, 2.05) is 103 Å². The summed E-state index contributed by atoms with van der Waals surface area (Å²) in [6.07, 6.45) is 3.95. The first-order valence-corrected chi connectivity index (χ1v) is 18.0. The molecule has 0 aliphatic carbocycles. The average Bonchev–Trinajstić information content (AvgIpc) is 3.82. The van der Waals surface area contributed by atoms with Crippen molar-refractivity contribution in [3.8, 4) is 22.6 Å². The average molecular weight is 819 g/mol. The van der Waals surface area contributed by atoms with Gasteiger partial charge in [0.2, 0.25) is 0 Å². The first-order chi connectivity index (χ1) is 25.3. The van der Waals surface area contributed by atoms with Crippen LogP contribution in [0, 0.1) is 0 Å². The Labute approximate surface area is 340 Å². The van der Waals surface area contributed by atoms with Crippen molar-refractivity contribution in [3.63, 3.8) is 0 Å². The first-order valence-electron chi connectivity index (χ1n) is 18.0. The Bertz CT molecular complexity index is 2990. The number of aromatic hydroxyl groups is 2. The molecule has 5 heterocycles. The molecule has 55 heavy (non-hydrogen) atoms. The quantitative estimate of drug-likeness (QED) is 0.127. The van der Waals surface area contributed by atoms with Crippen LogP contribution >= 0.6 is 0 Å². The molecule has 6 nitrogen and oxygen atoms in total. The third-order valence-corrected chi connectivity index (χ3v) is 10.4. The van der Waals surface area contributed by atoms with Gasteiger partial charge in [0.05, 0.1) is 33.5 Å². The van der Waals surface area contributed by atoms with Gasteiger partial charge in [-0.2, -0.15) is 0 Å². The molecule has 1 radical (unpaired) electrons. The van der Waals surface area contributed by atoms with Gasteiger partial charge in [0.25, 0.3) is 0 Å². The van der Waals surface area contributed by atoms with Crippen LogP contribution in [-0.2, 0) is 45.0 Å². The van der Waals surface area contributed by atoms with Crippen molar-refractivity contribution in [2.75, 3.05) is 0 Å². The second-order valence-electron chi connectivity index (χ2n) is 16.1. The van der Waals surface area contributed by atoms with Gasteiger partial charge in [-0.3, -0.25) is 0 Å². The number of aromatic nitrogens is 4. The summed E-state index contributed by atoms with van der Waals surface area (Å²) in [7, 11) is 0. The zero-order valence-corrected chi connectivity index (χ0v) is 33.1. The molecule has 12 bridgehead atoms. The van der Waals surface area contributed by atoms with E-state index in [9.17, 15) is 10.2 Å². The molecule has 4 aromatic carbocycles. The van der Waals surface area contributed by atoms with Gasteiger partial charge < -0.3 is 15.2 Å². The Kier molecular flexibility index (Phi) is 9.56. The summed E-state index contributed by atoms with van der Waals surface area (Å²) in [5.41, 5.74) is 8.95. The molecule has 9 rings (SSSR count). The van der Waals surface area contributed by atoms with Gasteiger partial charge >= 0.3 is 17.1 Å². The van der Waals surface area contributed by atoms with Crippen molar-refractivity contribution in [2.45, 2.75) is 52.4 Å². The fourth-order valence-electron chi connectivity index (χ4n) is 7.32. The minimum Gasteiger partial charge on any atom is -0.657 e. The van der Waals surface area contributed by atoms with E-state index >= 15 is 0 Å². The van der Waals surface area contributed by atoms with E-state index in [-0.39, 0.29) is 56.5 Å². The topological polar surface area (TPSA) is 93.2 Å². The summed E-state index contributed by atoms with van der Waals surface area (Å²) in [5, 5.41) is 28.6. The van der Waals surface area contributed by atoms with E-state index in [1.54, 1.807) is 0 Å². The van der Waals surface area contributed by atoms with Crippen LogP contribution in [-0.4, -0.2) is 25.2 Å². The Hall–Kier alpha value is -5.23.